The first-order valence-electron chi connectivity index (χ1n) is 12.1. The fourth-order valence-electron chi connectivity index (χ4n) is 4.96. The average molecular weight is 470 g/mol. The Hall–Kier alpha value is -3.93. The van der Waals surface area contributed by atoms with Gasteiger partial charge in [-0.2, -0.15) is 0 Å². The Morgan fingerprint density at radius 3 is 2.37 bits per heavy atom. The molecule has 0 radical (unpaired) electrons. The van der Waals surface area contributed by atoms with E-state index in [9.17, 15) is 14.0 Å². The Labute approximate surface area is 204 Å². The van der Waals surface area contributed by atoms with E-state index >= 15 is 0 Å². The number of carbonyl (C=O) groups excluding carboxylic acids is 2. The topological polar surface area (TPSA) is 61.4 Å². The predicted molar refractivity (Wildman–Crippen MR) is 137 cm³/mol. The molecule has 1 aliphatic carbocycles. The molecule has 3 aromatic carbocycles. The summed E-state index contributed by atoms with van der Waals surface area (Å²) in [5.74, 6) is -0.674. The van der Waals surface area contributed by atoms with Crippen LogP contribution >= 0.6 is 0 Å². The lowest BCUT2D eigenvalue weighted by Crippen LogP contribution is -2.38. The van der Waals surface area contributed by atoms with E-state index in [0.717, 1.165) is 24.1 Å². The van der Waals surface area contributed by atoms with Gasteiger partial charge in [0.1, 0.15) is 5.82 Å². The van der Waals surface area contributed by atoms with Gasteiger partial charge < -0.3 is 15.5 Å². The van der Waals surface area contributed by atoms with E-state index in [2.05, 4.69) is 10.6 Å². The van der Waals surface area contributed by atoms with Gasteiger partial charge in [-0.15, -0.1) is 0 Å². The lowest BCUT2D eigenvalue weighted by atomic mass is 9.94. The van der Waals surface area contributed by atoms with E-state index in [1.807, 2.05) is 66.5 Å². The molecule has 0 atom stereocenters. The number of amides is 2. The first-order valence-corrected chi connectivity index (χ1v) is 12.1. The maximum absolute atomic E-state index is 13.8. The molecule has 0 saturated heterocycles. The van der Waals surface area contributed by atoms with Gasteiger partial charge in [0, 0.05) is 29.9 Å². The van der Waals surface area contributed by atoms with E-state index in [0.29, 0.717) is 34.1 Å². The molecule has 5 rings (SSSR count). The number of nitrogens with one attached hydrogen (secondary N) is 2. The summed E-state index contributed by atoms with van der Waals surface area (Å²) in [6, 6.07) is 21.5. The van der Waals surface area contributed by atoms with Gasteiger partial charge in [0.05, 0.1) is 17.0 Å². The molecule has 0 unspecified atom stereocenters. The Morgan fingerprint density at radius 2 is 1.66 bits per heavy atom. The van der Waals surface area contributed by atoms with Crippen LogP contribution in [-0.2, 0) is 4.79 Å². The highest BCUT2D eigenvalue weighted by Crippen LogP contribution is 2.38. The van der Waals surface area contributed by atoms with Crippen LogP contribution in [0.4, 0.5) is 15.8 Å². The van der Waals surface area contributed by atoms with Crippen molar-refractivity contribution in [3.8, 4) is 0 Å². The summed E-state index contributed by atoms with van der Waals surface area (Å²) in [7, 11) is 1.89. The maximum Gasteiger partial charge on any atom is 0.258 e. The molecule has 178 valence electrons. The molecule has 0 spiro atoms. The second-order valence-corrected chi connectivity index (χ2v) is 9.17. The van der Waals surface area contributed by atoms with Crippen molar-refractivity contribution < 1.29 is 14.0 Å². The number of fused-ring (bicyclic) bond motifs is 1. The van der Waals surface area contributed by atoms with Crippen LogP contribution in [0.5, 0.6) is 0 Å². The van der Waals surface area contributed by atoms with Gasteiger partial charge in [0.25, 0.3) is 11.8 Å². The van der Waals surface area contributed by atoms with Crippen LogP contribution < -0.4 is 10.6 Å². The molecule has 1 heterocycles. The van der Waals surface area contributed by atoms with Crippen LogP contribution in [0.2, 0.25) is 0 Å². The third-order valence-electron chi connectivity index (χ3n) is 6.88. The highest BCUT2D eigenvalue weighted by Gasteiger charge is 2.29. The van der Waals surface area contributed by atoms with Crippen LogP contribution in [-0.4, -0.2) is 29.8 Å². The summed E-state index contributed by atoms with van der Waals surface area (Å²) in [5, 5.41) is 6.15. The second kappa shape index (κ2) is 9.74. The monoisotopic (exact) mass is 469 g/mol. The van der Waals surface area contributed by atoms with Crippen molar-refractivity contribution in [1.29, 1.82) is 0 Å². The zero-order valence-electron chi connectivity index (χ0n) is 19.7. The number of rotatable bonds is 5. The van der Waals surface area contributed by atoms with E-state index < -0.39 is 5.82 Å². The molecule has 0 bridgehead atoms. The maximum atomic E-state index is 13.8. The minimum Gasteiger partial charge on any atom is -0.354 e. The number of anilines is 2. The molecule has 35 heavy (non-hydrogen) atoms. The van der Waals surface area contributed by atoms with Crippen LogP contribution in [0, 0.1) is 5.82 Å². The number of carbonyl (C=O) groups is 2. The fourth-order valence-corrected chi connectivity index (χ4v) is 4.96. The summed E-state index contributed by atoms with van der Waals surface area (Å²) < 4.78 is 13.8. The molecule has 2 aliphatic rings. The number of hydrogen-bond donors (Lipinski definition) is 2. The molecule has 2 N–H and O–H groups in total. The molecule has 1 fully saturated rings. The van der Waals surface area contributed by atoms with Gasteiger partial charge in [-0.1, -0.05) is 49.6 Å². The zero-order chi connectivity index (χ0) is 24.4. The van der Waals surface area contributed by atoms with Gasteiger partial charge >= 0.3 is 0 Å². The molecule has 6 heteroatoms. The summed E-state index contributed by atoms with van der Waals surface area (Å²) in [6.45, 7) is 0. The third kappa shape index (κ3) is 4.69. The molecular formula is C29H28FN3O2. The first kappa shape index (κ1) is 22.8. The van der Waals surface area contributed by atoms with Crippen molar-refractivity contribution in [2.24, 2.45) is 0 Å². The van der Waals surface area contributed by atoms with E-state index in [1.54, 1.807) is 6.07 Å². The fraction of sp³-hybridized carbons (Fsp3) is 0.241. The SMILES string of the molecule is CN(C(=O)c1ccc(N/C(=C2\C(=O)Nc3cc(F)ccc32)c2ccccc2)cc1)C1CCCCC1. The smallest absolute Gasteiger partial charge is 0.258 e. The average Bonchev–Trinajstić information content (AvgIpc) is 3.22. The molecule has 1 aliphatic heterocycles. The predicted octanol–water partition coefficient (Wildman–Crippen LogP) is 6.16. The summed E-state index contributed by atoms with van der Waals surface area (Å²) in [6.07, 6.45) is 5.71. The van der Waals surface area contributed by atoms with Gasteiger partial charge in [0.2, 0.25) is 0 Å². The highest BCUT2D eigenvalue weighted by atomic mass is 19.1. The summed E-state index contributed by atoms with van der Waals surface area (Å²) in [4.78, 5) is 27.8. The number of hydrogen-bond acceptors (Lipinski definition) is 3. The van der Waals surface area contributed by atoms with Crippen molar-refractivity contribution in [1.82, 2.24) is 4.90 Å². The molecule has 0 aromatic heterocycles. The largest absolute Gasteiger partial charge is 0.354 e. The van der Waals surface area contributed by atoms with Crippen molar-refractivity contribution in [3.63, 3.8) is 0 Å². The van der Waals surface area contributed by atoms with Crippen LogP contribution in [0.25, 0.3) is 11.3 Å². The molecule has 3 aromatic rings. The van der Waals surface area contributed by atoms with E-state index in [1.165, 1.54) is 31.4 Å². The minimum absolute atomic E-state index is 0.0243. The molecule has 2 amide bonds. The van der Waals surface area contributed by atoms with Gasteiger partial charge in [-0.3, -0.25) is 9.59 Å². The molecular weight excluding hydrogens is 441 g/mol. The standard InChI is InChI=1S/C29H28FN3O2/c1-33(23-10-6-3-7-11-23)29(35)20-12-15-22(16-13-20)31-27(19-8-4-2-5-9-19)26-24-17-14-21(30)18-25(24)32-28(26)34/h2,4-5,8-9,12-18,23,31H,3,6-7,10-11H2,1H3,(H,32,34)/b27-26-. The highest BCUT2D eigenvalue weighted by molar-refractivity contribution is 6.37. The number of benzene rings is 3. The number of halogens is 1. The lowest BCUT2D eigenvalue weighted by molar-refractivity contribution is -0.110. The quantitative estimate of drug-likeness (QED) is 0.440. The summed E-state index contributed by atoms with van der Waals surface area (Å²) >= 11 is 0. The van der Waals surface area contributed by atoms with Crippen LogP contribution in [0.1, 0.15) is 53.6 Å². The second-order valence-electron chi connectivity index (χ2n) is 9.17. The minimum atomic E-state index is -0.405. The Kier molecular flexibility index (Phi) is 6.36. The molecule has 1 saturated carbocycles. The van der Waals surface area contributed by atoms with Gasteiger partial charge in [-0.05, 0) is 60.9 Å². The molecule has 5 nitrogen and oxygen atoms in total. The normalized spacial score (nSPS) is 16.9. The van der Waals surface area contributed by atoms with Crippen LogP contribution in [0.3, 0.4) is 0 Å². The van der Waals surface area contributed by atoms with E-state index in [-0.39, 0.29) is 11.8 Å². The zero-order valence-corrected chi connectivity index (χ0v) is 19.7. The summed E-state index contributed by atoms with van der Waals surface area (Å²) in [5.41, 5.74) is 4.37. The van der Waals surface area contributed by atoms with Crippen LogP contribution in [0.15, 0.2) is 72.8 Å². The van der Waals surface area contributed by atoms with Gasteiger partial charge in [0.15, 0.2) is 0 Å². The van der Waals surface area contributed by atoms with Crippen molar-refractivity contribution in [3.05, 3.63) is 95.3 Å². The van der Waals surface area contributed by atoms with Crippen molar-refractivity contribution in [2.75, 3.05) is 17.7 Å². The first-order chi connectivity index (χ1) is 17.0. The Morgan fingerprint density at radius 1 is 0.943 bits per heavy atom. The number of nitrogens with zero attached hydrogens (tertiary/aromatic N) is 1. The van der Waals surface area contributed by atoms with Crippen molar-refractivity contribution >= 4 is 34.5 Å². The lowest BCUT2D eigenvalue weighted by Gasteiger charge is -2.31. The third-order valence-corrected chi connectivity index (χ3v) is 6.88. The Bertz CT molecular complexity index is 1280. The van der Waals surface area contributed by atoms with E-state index in [4.69, 9.17) is 0 Å². The van der Waals surface area contributed by atoms with Gasteiger partial charge in [-0.25, -0.2) is 4.39 Å². The van der Waals surface area contributed by atoms with Crippen molar-refractivity contribution in [2.45, 2.75) is 38.1 Å². The Balaban J connectivity index is 1.45.